The van der Waals surface area contributed by atoms with E-state index in [1.807, 2.05) is 24.4 Å². The average molecular weight is 293 g/mol. The van der Waals surface area contributed by atoms with Crippen molar-refractivity contribution in [1.29, 1.82) is 0 Å². The second-order valence-electron chi connectivity index (χ2n) is 5.75. The van der Waals surface area contributed by atoms with Gasteiger partial charge in [0.05, 0.1) is 29.9 Å². The van der Waals surface area contributed by atoms with Gasteiger partial charge >= 0.3 is 0 Å². The molecular weight excluding hydrogens is 274 g/mol. The molecule has 2 aliphatic rings. The summed E-state index contributed by atoms with van der Waals surface area (Å²) in [6.45, 7) is 0. The van der Waals surface area contributed by atoms with Crippen LogP contribution in [0.2, 0.25) is 0 Å². The van der Waals surface area contributed by atoms with Crippen molar-refractivity contribution in [1.82, 2.24) is 9.97 Å². The molecule has 1 saturated carbocycles. The molecule has 2 aromatic heterocycles. The van der Waals surface area contributed by atoms with Crippen molar-refractivity contribution < 1.29 is 4.74 Å². The number of aliphatic imine (C=N–C) groups is 1. The summed E-state index contributed by atoms with van der Waals surface area (Å²) >= 11 is 0. The molecule has 0 radical (unpaired) electrons. The minimum Gasteiger partial charge on any atom is -0.494 e. The SMILES string of the molecule is COc1cc(-c2ccc[nH]2)[nH]c1/C=C1\C=C2CCCCC2=N1. The second kappa shape index (κ2) is 5.37. The first-order chi connectivity index (χ1) is 10.8. The van der Waals surface area contributed by atoms with Gasteiger partial charge in [0.1, 0.15) is 5.75 Å². The summed E-state index contributed by atoms with van der Waals surface area (Å²) in [5, 5.41) is 0. The Hall–Kier alpha value is -2.49. The maximum atomic E-state index is 5.49. The van der Waals surface area contributed by atoms with Gasteiger partial charge in [-0.2, -0.15) is 0 Å². The Bertz CT molecular complexity index is 751. The van der Waals surface area contributed by atoms with Crippen LogP contribution in [-0.2, 0) is 0 Å². The average Bonchev–Trinajstić information content (AvgIpc) is 3.26. The summed E-state index contributed by atoms with van der Waals surface area (Å²) in [5.74, 6) is 0.838. The molecule has 2 N–H and O–H groups in total. The van der Waals surface area contributed by atoms with E-state index in [4.69, 9.17) is 9.73 Å². The number of allylic oxidation sites excluding steroid dienone is 2. The summed E-state index contributed by atoms with van der Waals surface area (Å²) in [4.78, 5) is 11.4. The van der Waals surface area contributed by atoms with Crippen molar-refractivity contribution in [3.05, 3.63) is 47.4 Å². The van der Waals surface area contributed by atoms with Gasteiger partial charge in [0, 0.05) is 18.0 Å². The van der Waals surface area contributed by atoms with Crippen LogP contribution in [0.25, 0.3) is 17.5 Å². The van der Waals surface area contributed by atoms with Crippen LogP contribution in [0.1, 0.15) is 31.4 Å². The van der Waals surface area contributed by atoms with Crippen LogP contribution in [-0.4, -0.2) is 22.8 Å². The van der Waals surface area contributed by atoms with E-state index in [2.05, 4.69) is 22.1 Å². The summed E-state index contributed by atoms with van der Waals surface area (Å²) in [6.07, 6.45) is 11.0. The number of hydrogen-bond donors (Lipinski definition) is 2. The van der Waals surface area contributed by atoms with E-state index in [-0.39, 0.29) is 0 Å². The molecule has 4 heteroatoms. The highest BCUT2D eigenvalue weighted by Crippen LogP contribution is 2.32. The first-order valence-electron chi connectivity index (χ1n) is 7.74. The minimum atomic E-state index is 0.838. The Morgan fingerprint density at radius 1 is 1.23 bits per heavy atom. The highest BCUT2D eigenvalue weighted by molar-refractivity contribution is 6.04. The Balaban J connectivity index is 1.70. The zero-order chi connectivity index (χ0) is 14.9. The van der Waals surface area contributed by atoms with Crippen molar-refractivity contribution in [3.8, 4) is 17.1 Å². The predicted octanol–water partition coefficient (Wildman–Crippen LogP) is 4.31. The number of fused-ring (bicyclic) bond motifs is 1. The summed E-state index contributed by atoms with van der Waals surface area (Å²) in [7, 11) is 1.70. The number of hydrogen-bond acceptors (Lipinski definition) is 2. The van der Waals surface area contributed by atoms with Crippen molar-refractivity contribution in [2.24, 2.45) is 4.99 Å². The van der Waals surface area contributed by atoms with E-state index in [1.165, 1.54) is 24.1 Å². The Morgan fingerprint density at radius 2 is 2.14 bits per heavy atom. The van der Waals surface area contributed by atoms with E-state index in [0.717, 1.165) is 41.4 Å². The maximum absolute atomic E-state index is 5.49. The number of nitrogens with zero attached hydrogens (tertiary/aromatic N) is 1. The highest BCUT2D eigenvalue weighted by atomic mass is 16.5. The van der Waals surface area contributed by atoms with Crippen LogP contribution in [0.4, 0.5) is 0 Å². The molecule has 0 atom stereocenters. The number of aromatic amines is 2. The largest absolute Gasteiger partial charge is 0.494 e. The second-order valence-corrected chi connectivity index (χ2v) is 5.75. The summed E-state index contributed by atoms with van der Waals surface area (Å²) < 4.78 is 5.49. The van der Waals surface area contributed by atoms with Crippen LogP contribution in [0.3, 0.4) is 0 Å². The lowest BCUT2D eigenvalue weighted by atomic mass is 9.94. The Morgan fingerprint density at radius 3 is 2.91 bits per heavy atom. The van der Waals surface area contributed by atoms with Crippen molar-refractivity contribution >= 4 is 11.8 Å². The molecule has 0 unspecified atom stereocenters. The molecule has 112 valence electrons. The minimum absolute atomic E-state index is 0.838. The maximum Gasteiger partial charge on any atom is 0.144 e. The molecule has 0 bridgehead atoms. The zero-order valence-corrected chi connectivity index (χ0v) is 12.6. The fourth-order valence-electron chi connectivity index (χ4n) is 3.16. The van der Waals surface area contributed by atoms with Crippen LogP contribution in [0, 0.1) is 0 Å². The van der Waals surface area contributed by atoms with Gasteiger partial charge in [-0.3, -0.25) is 4.99 Å². The third kappa shape index (κ3) is 2.30. The molecule has 0 spiro atoms. The number of nitrogens with one attached hydrogen (secondary N) is 2. The zero-order valence-electron chi connectivity index (χ0n) is 12.6. The van der Waals surface area contributed by atoms with E-state index < -0.39 is 0 Å². The monoisotopic (exact) mass is 293 g/mol. The summed E-state index contributed by atoms with van der Waals surface area (Å²) in [6, 6.07) is 6.04. The van der Waals surface area contributed by atoms with E-state index in [0.29, 0.717) is 0 Å². The predicted molar refractivity (Wildman–Crippen MR) is 89.1 cm³/mol. The summed E-state index contributed by atoms with van der Waals surface area (Å²) in [5.41, 5.74) is 6.73. The normalized spacial score (nSPS) is 19.0. The number of aromatic nitrogens is 2. The van der Waals surface area contributed by atoms with Crippen LogP contribution in [0.5, 0.6) is 5.75 Å². The van der Waals surface area contributed by atoms with Crippen LogP contribution >= 0.6 is 0 Å². The molecule has 1 aliphatic carbocycles. The number of rotatable bonds is 3. The number of ether oxygens (including phenoxy) is 1. The molecule has 0 saturated heterocycles. The standard InChI is InChI=1S/C18H19N3O/c1-22-18-11-16(15-7-4-8-19-15)21-17(18)10-13-9-12-5-2-3-6-14(12)20-13/h4,7-11,19,21H,2-3,5-6H2,1H3/b13-10+. The van der Waals surface area contributed by atoms with Crippen molar-refractivity contribution in [2.45, 2.75) is 25.7 Å². The van der Waals surface area contributed by atoms with Gasteiger partial charge in [0.15, 0.2) is 0 Å². The fourth-order valence-corrected chi connectivity index (χ4v) is 3.16. The molecule has 1 fully saturated rings. The highest BCUT2D eigenvalue weighted by Gasteiger charge is 2.19. The van der Waals surface area contributed by atoms with E-state index >= 15 is 0 Å². The molecule has 3 heterocycles. The van der Waals surface area contributed by atoms with Crippen LogP contribution < -0.4 is 4.74 Å². The van der Waals surface area contributed by atoms with E-state index in [1.54, 1.807) is 7.11 Å². The van der Waals surface area contributed by atoms with Crippen molar-refractivity contribution in [2.75, 3.05) is 7.11 Å². The topological polar surface area (TPSA) is 53.2 Å². The van der Waals surface area contributed by atoms with Gasteiger partial charge in [-0.05, 0) is 55.5 Å². The quantitative estimate of drug-likeness (QED) is 0.870. The molecule has 22 heavy (non-hydrogen) atoms. The molecule has 0 aromatic carbocycles. The smallest absolute Gasteiger partial charge is 0.144 e. The third-order valence-electron chi connectivity index (χ3n) is 4.28. The van der Waals surface area contributed by atoms with Gasteiger partial charge in [0.2, 0.25) is 0 Å². The Labute approximate surface area is 129 Å². The molecule has 1 aliphatic heterocycles. The van der Waals surface area contributed by atoms with Gasteiger partial charge < -0.3 is 14.7 Å². The first kappa shape index (κ1) is 13.2. The van der Waals surface area contributed by atoms with E-state index in [9.17, 15) is 0 Å². The van der Waals surface area contributed by atoms with Gasteiger partial charge in [-0.15, -0.1) is 0 Å². The molecule has 0 amide bonds. The van der Waals surface area contributed by atoms with Gasteiger partial charge in [-0.25, -0.2) is 0 Å². The fraction of sp³-hybridized carbons (Fsp3) is 0.278. The van der Waals surface area contributed by atoms with Crippen LogP contribution in [0.15, 0.2) is 46.7 Å². The molecule has 4 rings (SSSR count). The van der Waals surface area contributed by atoms with Gasteiger partial charge in [0.25, 0.3) is 0 Å². The lowest BCUT2D eigenvalue weighted by Gasteiger charge is -2.11. The lowest BCUT2D eigenvalue weighted by molar-refractivity contribution is 0.414. The number of H-pyrrole nitrogens is 2. The molecular formula is C18H19N3O. The van der Waals surface area contributed by atoms with Gasteiger partial charge in [-0.1, -0.05) is 0 Å². The molecule has 2 aromatic rings. The Kier molecular flexibility index (Phi) is 3.22. The third-order valence-corrected chi connectivity index (χ3v) is 4.28. The lowest BCUT2D eigenvalue weighted by Crippen LogP contribution is -2.05. The molecule has 4 nitrogen and oxygen atoms in total. The number of methoxy groups -OCH3 is 1. The first-order valence-corrected chi connectivity index (χ1v) is 7.74. The van der Waals surface area contributed by atoms with Crippen molar-refractivity contribution in [3.63, 3.8) is 0 Å².